The molecule has 0 heterocycles. The monoisotopic (exact) mass is 352 g/mol. The average molecular weight is 354 g/mol. The molecule has 0 saturated heterocycles. The second-order valence-corrected chi connectivity index (χ2v) is 5.20. The maximum absolute atomic E-state index is 13.4. The van der Waals surface area contributed by atoms with Gasteiger partial charge in [-0.25, -0.2) is 4.39 Å². The summed E-state index contributed by atoms with van der Waals surface area (Å²) >= 11 is 14.5. The van der Waals surface area contributed by atoms with E-state index in [1.54, 1.807) is 0 Å². The molecule has 7 heteroatoms. The molecular formula is C10H7BrCl2F4. The van der Waals surface area contributed by atoms with Gasteiger partial charge in [-0.2, -0.15) is 13.2 Å². The van der Waals surface area contributed by atoms with Gasteiger partial charge in [-0.05, 0) is 34.5 Å². The van der Waals surface area contributed by atoms with E-state index in [1.807, 2.05) is 0 Å². The van der Waals surface area contributed by atoms with Crippen LogP contribution in [0.4, 0.5) is 17.6 Å². The summed E-state index contributed by atoms with van der Waals surface area (Å²) in [7, 11) is 0. The maximum Gasteiger partial charge on any atom is 0.389 e. The Morgan fingerprint density at radius 1 is 1.29 bits per heavy atom. The van der Waals surface area contributed by atoms with E-state index < -0.39 is 23.8 Å². The van der Waals surface area contributed by atoms with Crippen LogP contribution in [0, 0.1) is 5.82 Å². The van der Waals surface area contributed by atoms with Gasteiger partial charge < -0.3 is 0 Å². The van der Waals surface area contributed by atoms with E-state index in [9.17, 15) is 17.6 Å². The number of halogens is 7. The Bertz CT molecular complexity index is 406. The molecule has 0 aliphatic rings. The molecule has 0 bridgehead atoms. The fourth-order valence-electron chi connectivity index (χ4n) is 1.22. The second-order valence-electron chi connectivity index (χ2n) is 3.41. The van der Waals surface area contributed by atoms with Crippen molar-refractivity contribution in [3.8, 4) is 0 Å². The van der Waals surface area contributed by atoms with Crippen LogP contribution < -0.4 is 0 Å². The third-order valence-corrected chi connectivity index (χ3v) is 3.71. The highest BCUT2D eigenvalue weighted by molar-refractivity contribution is 9.10. The third-order valence-electron chi connectivity index (χ3n) is 2.06. The zero-order valence-electron chi connectivity index (χ0n) is 8.29. The summed E-state index contributed by atoms with van der Waals surface area (Å²) in [5, 5.41) is -0.846. The van der Waals surface area contributed by atoms with E-state index in [0.29, 0.717) is 4.47 Å². The van der Waals surface area contributed by atoms with E-state index in [2.05, 4.69) is 15.9 Å². The average Bonchev–Trinajstić information content (AvgIpc) is 2.19. The highest BCUT2D eigenvalue weighted by Gasteiger charge is 2.29. The van der Waals surface area contributed by atoms with E-state index in [0.717, 1.165) is 6.07 Å². The molecule has 96 valence electrons. The smallest absolute Gasteiger partial charge is 0.207 e. The van der Waals surface area contributed by atoms with Crippen LogP contribution in [0.5, 0.6) is 0 Å². The van der Waals surface area contributed by atoms with Gasteiger partial charge in [0.25, 0.3) is 0 Å². The van der Waals surface area contributed by atoms with Gasteiger partial charge in [0.05, 0.1) is 10.4 Å². The van der Waals surface area contributed by atoms with Crippen molar-refractivity contribution in [2.24, 2.45) is 0 Å². The Morgan fingerprint density at radius 2 is 1.88 bits per heavy atom. The first-order valence-electron chi connectivity index (χ1n) is 4.56. The summed E-state index contributed by atoms with van der Waals surface area (Å²) in [6.45, 7) is 0. The molecule has 0 aromatic heterocycles. The second kappa shape index (κ2) is 5.76. The van der Waals surface area contributed by atoms with Crippen molar-refractivity contribution in [2.75, 3.05) is 0 Å². The maximum atomic E-state index is 13.4. The Morgan fingerprint density at radius 3 is 2.41 bits per heavy atom. The largest absolute Gasteiger partial charge is 0.389 e. The molecule has 1 aromatic carbocycles. The van der Waals surface area contributed by atoms with Gasteiger partial charge >= 0.3 is 6.18 Å². The highest BCUT2D eigenvalue weighted by atomic mass is 79.9. The lowest BCUT2D eigenvalue weighted by Crippen LogP contribution is -2.08. The van der Waals surface area contributed by atoms with Crippen molar-refractivity contribution in [3.63, 3.8) is 0 Å². The quantitative estimate of drug-likeness (QED) is 0.362. The predicted molar refractivity (Wildman–Crippen MR) is 63.0 cm³/mol. The van der Waals surface area contributed by atoms with Crippen LogP contribution in [-0.4, -0.2) is 6.18 Å². The zero-order valence-corrected chi connectivity index (χ0v) is 11.4. The molecule has 0 N–H and O–H groups in total. The summed E-state index contributed by atoms with van der Waals surface area (Å²) < 4.78 is 49.7. The Balaban J connectivity index is 2.82. The van der Waals surface area contributed by atoms with Crippen LogP contribution in [0.3, 0.4) is 0 Å². The topological polar surface area (TPSA) is 0 Å². The van der Waals surface area contributed by atoms with E-state index in [-0.39, 0.29) is 17.0 Å². The molecule has 0 saturated carbocycles. The molecule has 1 aromatic rings. The van der Waals surface area contributed by atoms with Crippen molar-refractivity contribution in [1.29, 1.82) is 0 Å². The van der Waals surface area contributed by atoms with Gasteiger partial charge in [-0.3, -0.25) is 0 Å². The van der Waals surface area contributed by atoms with Gasteiger partial charge in [0, 0.05) is 16.5 Å². The minimum atomic E-state index is -4.30. The van der Waals surface area contributed by atoms with Gasteiger partial charge in [0.15, 0.2) is 0 Å². The fraction of sp³-hybridized carbons (Fsp3) is 0.400. The summed E-state index contributed by atoms with van der Waals surface area (Å²) in [4.78, 5) is 0. The molecule has 0 nitrogen and oxygen atoms in total. The molecule has 0 aliphatic heterocycles. The third kappa shape index (κ3) is 4.64. The fourth-order valence-corrected chi connectivity index (χ4v) is 1.99. The van der Waals surface area contributed by atoms with Crippen LogP contribution in [0.2, 0.25) is 5.02 Å². The number of benzene rings is 1. The zero-order chi connectivity index (χ0) is 13.2. The first kappa shape index (κ1) is 15.1. The summed E-state index contributed by atoms with van der Waals surface area (Å²) in [5.74, 6) is -0.677. The normalized spacial score (nSPS) is 13.8. The van der Waals surface area contributed by atoms with Crippen molar-refractivity contribution >= 4 is 39.1 Å². The number of rotatable bonds is 3. The molecule has 1 atom stereocenters. The molecule has 0 fully saturated rings. The Labute approximate surface area is 114 Å². The number of hydrogen-bond acceptors (Lipinski definition) is 0. The van der Waals surface area contributed by atoms with E-state index >= 15 is 0 Å². The minimum Gasteiger partial charge on any atom is -0.207 e. The molecular weight excluding hydrogens is 347 g/mol. The molecule has 0 amide bonds. The Kier molecular flexibility index (Phi) is 5.10. The SMILES string of the molecule is Fc1cc(Br)c(Cl)cc1C(Cl)CCC(F)(F)F. The van der Waals surface area contributed by atoms with Crippen LogP contribution in [0.25, 0.3) is 0 Å². The lowest BCUT2D eigenvalue weighted by molar-refractivity contribution is -0.135. The minimum absolute atomic E-state index is 0.0240. The summed E-state index contributed by atoms with van der Waals surface area (Å²) in [5.41, 5.74) is -0.0240. The van der Waals surface area contributed by atoms with Gasteiger partial charge in [-0.15, -0.1) is 11.6 Å². The molecule has 0 spiro atoms. The first-order chi connectivity index (χ1) is 7.70. The first-order valence-corrected chi connectivity index (χ1v) is 6.16. The number of hydrogen-bond donors (Lipinski definition) is 0. The van der Waals surface area contributed by atoms with E-state index in [1.165, 1.54) is 6.07 Å². The van der Waals surface area contributed by atoms with Crippen LogP contribution in [0.15, 0.2) is 16.6 Å². The lowest BCUT2D eigenvalue weighted by atomic mass is 10.1. The predicted octanol–water partition coefficient (Wildman–Crippen LogP) is 5.86. The molecule has 0 radical (unpaired) electrons. The standard InChI is InChI=1S/C10H7BrCl2F4/c11-6-4-9(14)5(3-8(6)13)7(12)1-2-10(15,16)17/h3-4,7H,1-2H2. The van der Waals surface area contributed by atoms with Crippen molar-refractivity contribution in [2.45, 2.75) is 24.4 Å². The van der Waals surface area contributed by atoms with Gasteiger partial charge in [-0.1, -0.05) is 11.6 Å². The summed E-state index contributed by atoms with van der Waals surface area (Å²) in [6, 6.07) is 2.32. The van der Waals surface area contributed by atoms with Crippen molar-refractivity contribution < 1.29 is 17.6 Å². The van der Waals surface area contributed by atoms with Crippen LogP contribution in [-0.2, 0) is 0 Å². The molecule has 0 aliphatic carbocycles. The molecule has 1 unspecified atom stereocenters. The molecule has 17 heavy (non-hydrogen) atoms. The van der Waals surface area contributed by atoms with Gasteiger partial charge in [0.2, 0.25) is 0 Å². The lowest BCUT2D eigenvalue weighted by Gasteiger charge is -2.13. The number of alkyl halides is 4. The highest BCUT2D eigenvalue weighted by Crippen LogP contribution is 2.36. The van der Waals surface area contributed by atoms with Crippen molar-refractivity contribution in [3.05, 3.63) is 33.0 Å². The molecule has 1 rings (SSSR count). The van der Waals surface area contributed by atoms with Gasteiger partial charge in [0.1, 0.15) is 5.82 Å². The summed E-state index contributed by atoms with van der Waals surface area (Å²) in [6.07, 6.45) is -5.75. The van der Waals surface area contributed by atoms with Crippen LogP contribution >= 0.6 is 39.1 Å². The van der Waals surface area contributed by atoms with Crippen molar-refractivity contribution in [1.82, 2.24) is 0 Å². The van der Waals surface area contributed by atoms with Crippen LogP contribution in [0.1, 0.15) is 23.8 Å². The van der Waals surface area contributed by atoms with E-state index in [4.69, 9.17) is 23.2 Å². The Hall–Kier alpha value is -0.000000000000000111.